The molecular weight excluding hydrogens is 396 g/mol. The second-order valence-electron chi connectivity index (χ2n) is 6.02. The largest absolute Gasteiger partial charge is 0.467 e. The van der Waals surface area contributed by atoms with E-state index in [0.717, 1.165) is 0 Å². The lowest BCUT2D eigenvalue weighted by Gasteiger charge is -2.31. The van der Waals surface area contributed by atoms with Crippen LogP contribution in [0, 0.1) is 0 Å². The van der Waals surface area contributed by atoms with Gasteiger partial charge in [-0.05, 0) is 30.3 Å². The van der Waals surface area contributed by atoms with E-state index in [-0.39, 0.29) is 11.3 Å². The molecule has 29 heavy (non-hydrogen) atoms. The average Bonchev–Trinajstić information content (AvgIpc) is 2.77. The van der Waals surface area contributed by atoms with Crippen LogP contribution in [0.15, 0.2) is 71.3 Å². The molecule has 0 unspecified atom stereocenters. The van der Waals surface area contributed by atoms with Gasteiger partial charge in [-0.1, -0.05) is 41.9 Å². The van der Waals surface area contributed by atoms with E-state index in [9.17, 15) is 14.4 Å². The molecule has 0 saturated heterocycles. The summed E-state index contributed by atoms with van der Waals surface area (Å²) in [5, 5.41) is 6.08. The summed E-state index contributed by atoms with van der Waals surface area (Å²) in [6, 6.07) is 13.7. The first kappa shape index (κ1) is 20.3. The van der Waals surface area contributed by atoms with E-state index in [0.29, 0.717) is 16.3 Å². The molecule has 7 nitrogen and oxygen atoms in total. The molecule has 1 aliphatic heterocycles. The number of hydrazone groups is 1. The first-order valence-corrected chi connectivity index (χ1v) is 8.95. The van der Waals surface area contributed by atoms with E-state index < -0.39 is 23.8 Å². The Hall–Kier alpha value is -3.45. The first-order chi connectivity index (χ1) is 14.0. The Kier molecular flexibility index (Phi) is 6.09. The van der Waals surface area contributed by atoms with Crippen LogP contribution in [0.25, 0.3) is 0 Å². The van der Waals surface area contributed by atoms with E-state index >= 15 is 0 Å². The number of anilines is 1. The normalized spacial score (nSPS) is 15.8. The van der Waals surface area contributed by atoms with Gasteiger partial charge >= 0.3 is 11.9 Å². The van der Waals surface area contributed by atoms with Crippen molar-refractivity contribution in [2.24, 2.45) is 5.10 Å². The van der Waals surface area contributed by atoms with Crippen molar-refractivity contribution in [1.82, 2.24) is 0 Å². The smallest absolute Gasteiger partial charge is 0.336 e. The Bertz CT molecular complexity index is 999. The monoisotopic (exact) mass is 412 g/mol. The van der Waals surface area contributed by atoms with Gasteiger partial charge in [0.15, 0.2) is 6.04 Å². The van der Waals surface area contributed by atoms with Crippen molar-refractivity contribution in [2.75, 3.05) is 19.2 Å². The highest BCUT2D eigenvalue weighted by Gasteiger charge is 2.39. The Labute approximate surface area is 172 Å². The molecule has 1 aliphatic rings. The van der Waals surface area contributed by atoms with Crippen LogP contribution in [0.3, 0.4) is 0 Å². The predicted molar refractivity (Wildman–Crippen MR) is 108 cm³/mol. The van der Waals surface area contributed by atoms with Gasteiger partial charge in [-0.25, -0.2) is 14.6 Å². The number of carbonyl (C=O) groups excluding carboxylic acids is 3. The van der Waals surface area contributed by atoms with Gasteiger partial charge in [0.2, 0.25) is 5.78 Å². The van der Waals surface area contributed by atoms with Crippen molar-refractivity contribution >= 4 is 40.7 Å². The molecule has 1 heterocycles. The van der Waals surface area contributed by atoms with Crippen LogP contribution in [0.5, 0.6) is 0 Å². The van der Waals surface area contributed by atoms with Gasteiger partial charge < -0.3 is 9.47 Å². The molecule has 0 fully saturated rings. The molecule has 0 radical (unpaired) electrons. The third-order valence-corrected chi connectivity index (χ3v) is 4.50. The Balaban J connectivity index is 2.15. The number of ether oxygens (including phenoxy) is 2. The number of hydrogen-bond acceptors (Lipinski definition) is 7. The molecule has 148 valence electrons. The number of Topliss-reactive ketones (excluding diaryl/α,β-unsaturated/α-hetero) is 1. The summed E-state index contributed by atoms with van der Waals surface area (Å²) in [7, 11) is 2.39. The summed E-state index contributed by atoms with van der Waals surface area (Å²) < 4.78 is 9.68. The van der Waals surface area contributed by atoms with Crippen molar-refractivity contribution in [3.63, 3.8) is 0 Å². The summed E-state index contributed by atoms with van der Waals surface area (Å²) in [6.45, 7) is 0. The maximum absolute atomic E-state index is 12.9. The molecule has 0 aromatic heterocycles. The zero-order valence-corrected chi connectivity index (χ0v) is 16.4. The van der Waals surface area contributed by atoms with E-state index in [1.54, 1.807) is 54.6 Å². The van der Waals surface area contributed by atoms with Gasteiger partial charge in [0.25, 0.3) is 0 Å². The minimum atomic E-state index is -1.22. The molecular formula is C21H17ClN2O5. The number of halogens is 1. The number of rotatable bonds is 5. The number of hydrogen-bond donors (Lipinski definition) is 0. The number of carbonyl (C=O) groups is 3. The van der Waals surface area contributed by atoms with Crippen molar-refractivity contribution in [2.45, 2.75) is 6.04 Å². The highest BCUT2D eigenvalue weighted by Crippen LogP contribution is 2.28. The lowest BCUT2D eigenvalue weighted by molar-refractivity contribution is -0.144. The molecule has 1 atom stereocenters. The van der Waals surface area contributed by atoms with Crippen LogP contribution in [-0.4, -0.2) is 43.7 Å². The van der Waals surface area contributed by atoms with Crippen molar-refractivity contribution < 1.29 is 23.9 Å². The Morgan fingerprint density at radius 2 is 1.62 bits per heavy atom. The number of benzene rings is 2. The lowest BCUT2D eigenvalue weighted by Crippen LogP contribution is -2.46. The van der Waals surface area contributed by atoms with Gasteiger partial charge in [0.05, 0.1) is 25.5 Å². The Morgan fingerprint density at radius 1 is 0.966 bits per heavy atom. The fourth-order valence-corrected chi connectivity index (χ4v) is 2.96. The lowest BCUT2D eigenvalue weighted by atomic mass is 9.98. The molecule has 0 spiro atoms. The Morgan fingerprint density at radius 3 is 2.21 bits per heavy atom. The summed E-state index contributed by atoms with van der Waals surface area (Å²) >= 11 is 5.95. The first-order valence-electron chi connectivity index (χ1n) is 8.57. The van der Waals surface area contributed by atoms with E-state index in [4.69, 9.17) is 21.1 Å². The molecule has 0 amide bonds. The minimum Gasteiger partial charge on any atom is -0.467 e. The summed E-state index contributed by atoms with van der Waals surface area (Å²) in [5.74, 6) is -1.91. The van der Waals surface area contributed by atoms with E-state index in [1.807, 2.05) is 0 Å². The number of esters is 2. The van der Waals surface area contributed by atoms with Crippen LogP contribution in [0.1, 0.15) is 10.4 Å². The maximum atomic E-state index is 12.9. The van der Waals surface area contributed by atoms with Crippen LogP contribution in [-0.2, 0) is 19.1 Å². The standard InChI is InChI=1S/C21H17ClN2O5/c1-28-20(26)16-12-17(19(25)13-6-4-3-5-7-13)23-24(18(16)21(27)29-2)15-10-8-14(22)9-11-15/h3-12,18H,1-2H3/t18-/m1/s1. The highest BCUT2D eigenvalue weighted by atomic mass is 35.5. The van der Waals surface area contributed by atoms with Crippen LogP contribution < -0.4 is 5.01 Å². The van der Waals surface area contributed by atoms with Crippen LogP contribution >= 0.6 is 11.6 Å². The second-order valence-corrected chi connectivity index (χ2v) is 6.45. The molecule has 8 heteroatoms. The van der Waals surface area contributed by atoms with E-state index in [1.165, 1.54) is 25.3 Å². The molecule has 0 N–H and O–H groups in total. The van der Waals surface area contributed by atoms with Crippen molar-refractivity contribution in [3.05, 3.63) is 76.8 Å². The average molecular weight is 413 g/mol. The van der Waals surface area contributed by atoms with Gasteiger partial charge in [0.1, 0.15) is 5.71 Å². The zero-order chi connectivity index (χ0) is 21.0. The predicted octanol–water partition coefficient (Wildman–Crippen LogP) is 3.04. The number of allylic oxidation sites excluding steroid dienone is 1. The third kappa shape index (κ3) is 4.20. The third-order valence-electron chi connectivity index (χ3n) is 4.25. The fraction of sp³-hybridized carbons (Fsp3) is 0.143. The summed E-state index contributed by atoms with van der Waals surface area (Å²) in [6.07, 6.45) is 1.26. The van der Waals surface area contributed by atoms with E-state index in [2.05, 4.69) is 5.10 Å². The van der Waals surface area contributed by atoms with Gasteiger partial charge in [-0.2, -0.15) is 5.10 Å². The fourth-order valence-electron chi connectivity index (χ4n) is 2.84. The van der Waals surface area contributed by atoms with Gasteiger partial charge in [-0.3, -0.25) is 4.79 Å². The highest BCUT2D eigenvalue weighted by molar-refractivity contribution is 6.50. The molecule has 3 rings (SSSR count). The second kappa shape index (κ2) is 8.70. The number of nitrogens with zero attached hydrogens (tertiary/aromatic N) is 2. The minimum absolute atomic E-state index is 0.0216. The summed E-state index contributed by atoms with van der Waals surface area (Å²) in [4.78, 5) is 37.9. The number of ketones is 1. The topological polar surface area (TPSA) is 85.3 Å². The molecule has 0 saturated carbocycles. The molecule has 2 aromatic carbocycles. The maximum Gasteiger partial charge on any atom is 0.336 e. The van der Waals surface area contributed by atoms with Crippen molar-refractivity contribution in [1.29, 1.82) is 0 Å². The zero-order valence-electron chi connectivity index (χ0n) is 15.7. The number of methoxy groups -OCH3 is 2. The summed E-state index contributed by atoms with van der Waals surface area (Å²) in [5.41, 5.74) is 0.743. The van der Waals surface area contributed by atoms with Crippen LogP contribution in [0.2, 0.25) is 5.02 Å². The SMILES string of the molecule is COC(=O)C1=CC(C(=O)c2ccccc2)=NN(c2ccc(Cl)cc2)[C@H]1C(=O)OC. The molecule has 2 aromatic rings. The van der Waals surface area contributed by atoms with Crippen LogP contribution in [0.4, 0.5) is 5.69 Å². The van der Waals surface area contributed by atoms with Crippen molar-refractivity contribution in [3.8, 4) is 0 Å². The molecule has 0 bridgehead atoms. The quantitative estimate of drug-likeness (QED) is 0.554. The molecule has 0 aliphatic carbocycles. The van der Waals surface area contributed by atoms with Gasteiger partial charge in [0, 0.05) is 10.6 Å². The van der Waals surface area contributed by atoms with Gasteiger partial charge in [-0.15, -0.1) is 0 Å².